The number of carbonyl (C=O) groups excluding carboxylic acids is 1. The lowest BCUT2D eigenvalue weighted by Gasteiger charge is -2.27. The van der Waals surface area contributed by atoms with E-state index in [9.17, 15) is 13.6 Å². The number of pyridine rings is 1. The van der Waals surface area contributed by atoms with Crippen LogP contribution < -0.4 is 11.1 Å². The monoisotopic (exact) mass is 255 g/mol. The zero-order valence-electron chi connectivity index (χ0n) is 9.83. The first-order valence-corrected chi connectivity index (χ1v) is 5.93. The van der Waals surface area contributed by atoms with Crippen LogP contribution in [0.1, 0.15) is 25.7 Å². The van der Waals surface area contributed by atoms with E-state index in [1.54, 1.807) is 0 Å². The van der Waals surface area contributed by atoms with E-state index in [2.05, 4.69) is 10.3 Å². The number of nitrogens with zero attached hydrogens (tertiary/aromatic N) is 1. The SMILES string of the molecule is NC(=O)C1CCC(Nc2ncc(F)cc2F)CC1. The van der Waals surface area contributed by atoms with Gasteiger partial charge in [0.2, 0.25) is 5.91 Å². The Balaban J connectivity index is 1.93. The van der Waals surface area contributed by atoms with Gasteiger partial charge in [0.25, 0.3) is 0 Å². The van der Waals surface area contributed by atoms with Crippen LogP contribution in [0.25, 0.3) is 0 Å². The predicted octanol–water partition coefficient (Wildman–Crippen LogP) is 1.82. The highest BCUT2D eigenvalue weighted by molar-refractivity contribution is 5.76. The fourth-order valence-electron chi connectivity index (χ4n) is 2.24. The maximum absolute atomic E-state index is 13.4. The van der Waals surface area contributed by atoms with Gasteiger partial charge in [0, 0.05) is 18.0 Å². The summed E-state index contributed by atoms with van der Waals surface area (Å²) in [5.74, 6) is -1.71. The fraction of sp³-hybridized carbons (Fsp3) is 0.500. The van der Waals surface area contributed by atoms with Crippen molar-refractivity contribution in [3.05, 3.63) is 23.9 Å². The molecule has 0 radical (unpaired) electrons. The average molecular weight is 255 g/mol. The van der Waals surface area contributed by atoms with Crippen LogP contribution >= 0.6 is 0 Å². The molecular formula is C12H15F2N3O. The molecule has 6 heteroatoms. The molecule has 98 valence electrons. The number of nitrogens with one attached hydrogen (secondary N) is 1. The molecule has 1 aliphatic rings. The molecule has 0 spiro atoms. The van der Waals surface area contributed by atoms with Crippen LogP contribution in [0.2, 0.25) is 0 Å². The van der Waals surface area contributed by atoms with Crippen molar-refractivity contribution >= 4 is 11.7 Å². The Hall–Kier alpha value is -1.72. The third-order valence-corrected chi connectivity index (χ3v) is 3.28. The van der Waals surface area contributed by atoms with E-state index in [1.807, 2.05) is 0 Å². The van der Waals surface area contributed by atoms with Crippen LogP contribution in [0.3, 0.4) is 0 Å². The van der Waals surface area contributed by atoms with Crippen molar-refractivity contribution in [1.29, 1.82) is 0 Å². The van der Waals surface area contributed by atoms with Crippen molar-refractivity contribution in [2.45, 2.75) is 31.7 Å². The van der Waals surface area contributed by atoms with Gasteiger partial charge in [-0.25, -0.2) is 13.8 Å². The van der Waals surface area contributed by atoms with E-state index >= 15 is 0 Å². The largest absolute Gasteiger partial charge is 0.369 e. The molecule has 0 saturated heterocycles. The van der Waals surface area contributed by atoms with Crippen molar-refractivity contribution in [2.24, 2.45) is 11.7 Å². The lowest BCUT2D eigenvalue weighted by molar-refractivity contribution is -0.122. The molecule has 1 aromatic heterocycles. The van der Waals surface area contributed by atoms with Gasteiger partial charge in [-0.3, -0.25) is 4.79 Å². The molecule has 3 N–H and O–H groups in total. The predicted molar refractivity (Wildman–Crippen MR) is 62.7 cm³/mol. The summed E-state index contributed by atoms with van der Waals surface area (Å²) in [5.41, 5.74) is 5.23. The Bertz CT molecular complexity index is 445. The van der Waals surface area contributed by atoms with Gasteiger partial charge in [0.15, 0.2) is 11.6 Å². The molecule has 18 heavy (non-hydrogen) atoms. The molecule has 1 heterocycles. The summed E-state index contributed by atoms with van der Waals surface area (Å²) in [7, 11) is 0. The molecule has 1 aliphatic carbocycles. The molecule has 4 nitrogen and oxygen atoms in total. The minimum absolute atomic E-state index is 0.0491. The van der Waals surface area contributed by atoms with Crippen LogP contribution in [0, 0.1) is 17.6 Å². The minimum Gasteiger partial charge on any atom is -0.369 e. The van der Waals surface area contributed by atoms with Crippen molar-refractivity contribution in [2.75, 3.05) is 5.32 Å². The number of nitrogens with two attached hydrogens (primary N) is 1. The van der Waals surface area contributed by atoms with Crippen LogP contribution in [-0.4, -0.2) is 16.9 Å². The molecule has 1 saturated carbocycles. The third kappa shape index (κ3) is 2.94. The van der Waals surface area contributed by atoms with Crippen molar-refractivity contribution < 1.29 is 13.6 Å². The maximum Gasteiger partial charge on any atom is 0.220 e. The maximum atomic E-state index is 13.4. The second-order valence-electron chi connectivity index (χ2n) is 4.58. The van der Waals surface area contributed by atoms with E-state index in [-0.39, 0.29) is 23.7 Å². The molecule has 0 aliphatic heterocycles. The fourth-order valence-corrected chi connectivity index (χ4v) is 2.24. The minimum atomic E-state index is -0.702. The standard InChI is InChI=1S/C12H15F2N3O/c13-8-5-10(14)12(16-6-8)17-9-3-1-7(2-4-9)11(15)18/h5-7,9H,1-4H2,(H2,15,18)(H,16,17). The lowest BCUT2D eigenvalue weighted by Crippen LogP contribution is -2.32. The summed E-state index contributed by atoms with van der Waals surface area (Å²) in [5, 5.41) is 2.93. The topological polar surface area (TPSA) is 68.0 Å². The average Bonchev–Trinajstić information content (AvgIpc) is 2.33. The van der Waals surface area contributed by atoms with Gasteiger partial charge in [0.1, 0.15) is 5.82 Å². The Morgan fingerprint density at radius 3 is 2.56 bits per heavy atom. The Labute approximate surface area is 104 Å². The highest BCUT2D eigenvalue weighted by Crippen LogP contribution is 2.26. The molecule has 1 aromatic rings. The summed E-state index contributed by atoms with van der Waals surface area (Å²) < 4.78 is 26.1. The van der Waals surface area contributed by atoms with E-state index in [1.165, 1.54) is 0 Å². The molecule has 0 bridgehead atoms. The number of hydrogen-bond donors (Lipinski definition) is 2. The summed E-state index contributed by atoms with van der Waals surface area (Å²) >= 11 is 0. The number of hydrogen-bond acceptors (Lipinski definition) is 3. The van der Waals surface area contributed by atoms with Gasteiger partial charge in [-0.2, -0.15) is 0 Å². The van der Waals surface area contributed by atoms with Gasteiger partial charge in [-0.05, 0) is 25.7 Å². The first kappa shape index (κ1) is 12.7. The van der Waals surface area contributed by atoms with Gasteiger partial charge >= 0.3 is 0 Å². The zero-order valence-corrected chi connectivity index (χ0v) is 9.83. The first-order valence-electron chi connectivity index (χ1n) is 5.93. The van der Waals surface area contributed by atoms with Gasteiger partial charge in [-0.1, -0.05) is 0 Å². The number of primary amides is 1. The lowest BCUT2D eigenvalue weighted by atomic mass is 9.85. The smallest absolute Gasteiger partial charge is 0.220 e. The number of amides is 1. The van der Waals surface area contributed by atoms with E-state index in [0.717, 1.165) is 25.1 Å². The highest BCUT2D eigenvalue weighted by atomic mass is 19.1. The number of halogens is 2. The Kier molecular flexibility index (Phi) is 3.74. The number of carbonyl (C=O) groups is 1. The summed E-state index contributed by atoms with van der Waals surface area (Å²) in [4.78, 5) is 14.7. The number of rotatable bonds is 3. The summed E-state index contributed by atoms with van der Waals surface area (Å²) in [6.07, 6.45) is 3.81. The normalized spacial score (nSPS) is 23.7. The Morgan fingerprint density at radius 2 is 2.00 bits per heavy atom. The van der Waals surface area contributed by atoms with Crippen LogP contribution in [-0.2, 0) is 4.79 Å². The number of aromatic nitrogens is 1. The molecule has 1 amide bonds. The van der Waals surface area contributed by atoms with Crippen LogP contribution in [0.15, 0.2) is 12.3 Å². The highest BCUT2D eigenvalue weighted by Gasteiger charge is 2.25. The molecular weight excluding hydrogens is 240 g/mol. The quantitative estimate of drug-likeness (QED) is 0.865. The van der Waals surface area contributed by atoms with E-state index < -0.39 is 11.6 Å². The first-order chi connectivity index (χ1) is 8.56. The van der Waals surface area contributed by atoms with Gasteiger partial charge in [0.05, 0.1) is 6.20 Å². The van der Waals surface area contributed by atoms with Gasteiger partial charge < -0.3 is 11.1 Å². The van der Waals surface area contributed by atoms with Gasteiger partial charge in [-0.15, -0.1) is 0 Å². The summed E-state index contributed by atoms with van der Waals surface area (Å²) in [6, 6.07) is 0.845. The summed E-state index contributed by atoms with van der Waals surface area (Å²) in [6.45, 7) is 0. The van der Waals surface area contributed by atoms with Crippen molar-refractivity contribution in [3.63, 3.8) is 0 Å². The molecule has 0 atom stereocenters. The van der Waals surface area contributed by atoms with Crippen molar-refractivity contribution in [1.82, 2.24) is 4.98 Å². The van der Waals surface area contributed by atoms with Crippen molar-refractivity contribution in [3.8, 4) is 0 Å². The second-order valence-corrected chi connectivity index (χ2v) is 4.58. The van der Waals surface area contributed by atoms with Crippen LogP contribution in [0.5, 0.6) is 0 Å². The zero-order chi connectivity index (χ0) is 13.1. The molecule has 0 unspecified atom stereocenters. The molecule has 2 rings (SSSR count). The second kappa shape index (κ2) is 5.29. The van der Waals surface area contributed by atoms with Crippen LogP contribution in [0.4, 0.5) is 14.6 Å². The third-order valence-electron chi connectivity index (χ3n) is 3.28. The van der Waals surface area contributed by atoms with E-state index in [4.69, 9.17) is 5.73 Å². The molecule has 0 aromatic carbocycles. The Morgan fingerprint density at radius 1 is 1.33 bits per heavy atom. The molecule has 1 fully saturated rings. The van der Waals surface area contributed by atoms with E-state index in [0.29, 0.717) is 12.8 Å². The number of anilines is 1.